The van der Waals surface area contributed by atoms with E-state index in [-0.39, 0.29) is 5.75 Å². The molecule has 0 saturated heterocycles. The van der Waals surface area contributed by atoms with Crippen LogP contribution in [0.5, 0.6) is 17.2 Å². The minimum absolute atomic E-state index is 0.260. The van der Waals surface area contributed by atoms with Crippen LogP contribution in [0.15, 0.2) is 42.5 Å². The summed E-state index contributed by atoms with van der Waals surface area (Å²) in [6.45, 7) is 4.16. The van der Waals surface area contributed by atoms with Crippen LogP contribution in [0.2, 0.25) is 0 Å². The Labute approximate surface area is 125 Å². The van der Waals surface area contributed by atoms with Gasteiger partial charge in [0.25, 0.3) is 0 Å². The number of phenolic OH excluding ortho intramolecular Hbond substituents is 1. The lowest BCUT2D eigenvalue weighted by Gasteiger charge is -2.13. The first-order valence-corrected chi connectivity index (χ1v) is 7.01. The van der Waals surface area contributed by atoms with Gasteiger partial charge in [0.05, 0.1) is 7.11 Å². The Balaban J connectivity index is 2.08. The topological polar surface area (TPSA) is 50.7 Å². The molecular weight excluding hydrogens is 266 g/mol. The number of hydrogen-bond acceptors (Lipinski definition) is 4. The van der Waals surface area contributed by atoms with Gasteiger partial charge in [0.1, 0.15) is 23.9 Å². The van der Waals surface area contributed by atoms with Gasteiger partial charge in [0.15, 0.2) is 0 Å². The third-order valence-corrected chi connectivity index (χ3v) is 3.16. The molecule has 0 saturated carbocycles. The van der Waals surface area contributed by atoms with Crippen molar-refractivity contribution in [2.75, 3.05) is 13.7 Å². The molecule has 2 rings (SSSR count). The summed E-state index contributed by atoms with van der Waals surface area (Å²) >= 11 is 0. The Bertz CT molecular complexity index is 567. The lowest BCUT2D eigenvalue weighted by atomic mass is 10.2. The van der Waals surface area contributed by atoms with Crippen molar-refractivity contribution in [1.82, 2.24) is 5.32 Å². The molecule has 0 bridgehead atoms. The average Bonchev–Trinajstić information content (AvgIpc) is 2.52. The molecule has 0 amide bonds. The highest BCUT2D eigenvalue weighted by Crippen LogP contribution is 2.25. The maximum Gasteiger partial charge on any atom is 0.124 e. The molecule has 0 aromatic heterocycles. The summed E-state index contributed by atoms with van der Waals surface area (Å²) in [5.74, 6) is 1.92. The Kier molecular flexibility index (Phi) is 5.46. The van der Waals surface area contributed by atoms with Crippen molar-refractivity contribution in [2.24, 2.45) is 0 Å². The minimum atomic E-state index is 0.260. The maximum absolute atomic E-state index is 9.28. The molecule has 4 heteroatoms. The number of ether oxygens (including phenoxy) is 2. The van der Waals surface area contributed by atoms with Crippen LogP contribution in [0.1, 0.15) is 18.1 Å². The fourth-order valence-electron chi connectivity index (χ4n) is 1.97. The highest BCUT2D eigenvalue weighted by atomic mass is 16.5. The summed E-state index contributed by atoms with van der Waals surface area (Å²) < 4.78 is 11.1. The molecule has 2 aromatic rings. The molecule has 0 spiro atoms. The molecule has 0 unspecified atom stereocenters. The first-order chi connectivity index (χ1) is 10.2. The van der Waals surface area contributed by atoms with Crippen molar-refractivity contribution in [3.63, 3.8) is 0 Å². The number of benzene rings is 2. The van der Waals surface area contributed by atoms with Gasteiger partial charge in [-0.25, -0.2) is 0 Å². The van der Waals surface area contributed by atoms with Gasteiger partial charge in [-0.3, -0.25) is 0 Å². The van der Waals surface area contributed by atoms with E-state index in [2.05, 4.69) is 12.2 Å². The molecule has 0 heterocycles. The molecule has 0 fully saturated rings. The van der Waals surface area contributed by atoms with Gasteiger partial charge in [0, 0.05) is 12.1 Å². The summed E-state index contributed by atoms with van der Waals surface area (Å²) in [6.07, 6.45) is 0. The van der Waals surface area contributed by atoms with Crippen LogP contribution in [0.3, 0.4) is 0 Å². The highest BCUT2D eigenvalue weighted by molar-refractivity contribution is 5.40. The van der Waals surface area contributed by atoms with E-state index in [4.69, 9.17) is 9.47 Å². The van der Waals surface area contributed by atoms with Crippen molar-refractivity contribution in [3.8, 4) is 17.2 Å². The molecule has 112 valence electrons. The van der Waals surface area contributed by atoms with E-state index in [9.17, 15) is 5.11 Å². The Hall–Kier alpha value is -2.20. The van der Waals surface area contributed by atoms with Crippen LogP contribution in [-0.4, -0.2) is 18.8 Å². The minimum Gasteiger partial charge on any atom is -0.508 e. The number of hydrogen-bond donors (Lipinski definition) is 2. The van der Waals surface area contributed by atoms with Gasteiger partial charge >= 0.3 is 0 Å². The van der Waals surface area contributed by atoms with E-state index in [1.54, 1.807) is 19.2 Å². The maximum atomic E-state index is 9.28. The van der Waals surface area contributed by atoms with Gasteiger partial charge in [0.2, 0.25) is 0 Å². The van der Waals surface area contributed by atoms with Crippen LogP contribution in [0, 0.1) is 0 Å². The van der Waals surface area contributed by atoms with Crippen molar-refractivity contribution < 1.29 is 14.6 Å². The summed E-state index contributed by atoms with van der Waals surface area (Å²) in [4.78, 5) is 0. The third kappa shape index (κ3) is 4.39. The highest BCUT2D eigenvalue weighted by Gasteiger charge is 2.06. The number of nitrogens with one attached hydrogen (secondary N) is 1. The molecule has 21 heavy (non-hydrogen) atoms. The Morgan fingerprint density at radius 1 is 1.10 bits per heavy atom. The van der Waals surface area contributed by atoms with Crippen molar-refractivity contribution in [2.45, 2.75) is 20.1 Å². The lowest BCUT2D eigenvalue weighted by Crippen LogP contribution is -2.13. The summed E-state index contributed by atoms with van der Waals surface area (Å²) in [6, 6.07) is 12.8. The van der Waals surface area contributed by atoms with E-state index in [1.165, 1.54) is 0 Å². The zero-order chi connectivity index (χ0) is 15.1. The van der Waals surface area contributed by atoms with Gasteiger partial charge in [-0.2, -0.15) is 0 Å². The number of rotatable bonds is 7. The molecule has 0 aliphatic heterocycles. The fraction of sp³-hybridized carbons (Fsp3) is 0.294. The van der Waals surface area contributed by atoms with Crippen LogP contribution in [-0.2, 0) is 13.2 Å². The van der Waals surface area contributed by atoms with Gasteiger partial charge in [-0.15, -0.1) is 0 Å². The Morgan fingerprint density at radius 2 is 1.86 bits per heavy atom. The molecule has 2 N–H and O–H groups in total. The molecule has 2 aromatic carbocycles. The monoisotopic (exact) mass is 287 g/mol. The number of methoxy groups -OCH3 is 1. The lowest BCUT2D eigenvalue weighted by molar-refractivity contribution is 0.301. The number of aromatic hydroxyl groups is 1. The first kappa shape index (κ1) is 15.2. The molecule has 0 aliphatic carbocycles. The first-order valence-electron chi connectivity index (χ1n) is 7.01. The smallest absolute Gasteiger partial charge is 0.124 e. The molecular formula is C17H21NO3. The average molecular weight is 287 g/mol. The normalized spacial score (nSPS) is 10.4. The molecule has 0 atom stereocenters. The summed E-state index contributed by atoms with van der Waals surface area (Å²) in [7, 11) is 1.66. The molecule has 4 nitrogen and oxygen atoms in total. The van der Waals surface area contributed by atoms with Crippen molar-refractivity contribution >= 4 is 0 Å². The van der Waals surface area contributed by atoms with E-state index in [0.29, 0.717) is 6.61 Å². The van der Waals surface area contributed by atoms with Gasteiger partial charge in [-0.05, 0) is 42.4 Å². The van der Waals surface area contributed by atoms with E-state index in [0.717, 1.165) is 35.7 Å². The van der Waals surface area contributed by atoms with E-state index >= 15 is 0 Å². The van der Waals surface area contributed by atoms with E-state index < -0.39 is 0 Å². The quantitative estimate of drug-likeness (QED) is 0.821. The van der Waals surface area contributed by atoms with Crippen LogP contribution >= 0.6 is 0 Å². The predicted octanol–water partition coefficient (Wildman–Crippen LogP) is 3.09. The second kappa shape index (κ2) is 7.55. The Morgan fingerprint density at radius 3 is 2.52 bits per heavy atom. The van der Waals surface area contributed by atoms with Crippen LogP contribution < -0.4 is 14.8 Å². The van der Waals surface area contributed by atoms with Crippen LogP contribution in [0.25, 0.3) is 0 Å². The molecule has 0 aliphatic rings. The van der Waals surface area contributed by atoms with Crippen molar-refractivity contribution in [1.29, 1.82) is 0 Å². The molecule has 0 radical (unpaired) electrons. The summed E-state index contributed by atoms with van der Waals surface area (Å²) in [5.41, 5.74) is 2.08. The zero-order valence-corrected chi connectivity index (χ0v) is 12.4. The second-order valence-corrected chi connectivity index (χ2v) is 4.71. The second-order valence-electron chi connectivity index (χ2n) is 4.71. The van der Waals surface area contributed by atoms with Crippen LogP contribution in [0.4, 0.5) is 0 Å². The SMILES string of the molecule is CCNCc1cc(OC)ccc1OCc1ccc(O)cc1. The largest absolute Gasteiger partial charge is 0.508 e. The predicted molar refractivity (Wildman–Crippen MR) is 82.8 cm³/mol. The summed E-state index contributed by atoms with van der Waals surface area (Å²) in [5, 5.41) is 12.6. The van der Waals surface area contributed by atoms with E-state index in [1.807, 2.05) is 30.3 Å². The number of phenols is 1. The standard InChI is InChI=1S/C17H21NO3/c1-3-18-11-14-10-16(20-2)8-9-17(14)21-12-13-4-6-15(19)7-5-13/h4-10,18-19H,3,11-12H2,1-2H3. The van der Waals surface area contributed by atoms with Gasteiger partial charge in [-0.1, -0.05) is 19.1 Å². The third-order valence-electron chi connectivity index (χ3n) is 3.16. The van der Waals surface area contributed by atoms with Gasteiger partial charge < -0.3 is 19.9 Å². The fourth-order valence-corrected chi connectivity index (χ4v) is 1.97. The van der Waals surface area contributed by atoms with Crippen molar-refractivity contribution in [3.05, 3.63) is 53.6 Å². The zero-order valence-electron chi connectivity index (χ0n) is 12.4.